The number of aromatic nitrogens is 3. The monoisotopic (exact) mass is 323 g/mol. The Hall–Kier alpha value is -3.60. The minimum absolute atomic E-state index is 0.00811. The van der Waals surface area contributed by atoms with Crippen LogP contribution in [-0.2, 0) is 6.54 Å². The van der Waals surface area contributed by atoms with Gasteiger partial charge in [0.1, 0.15) is 18.2 Å². The van der Waals surface area contributed by atoms with E-state index in [2.05, 4.69) is 10.1 Å². The first-order valence-corrected chi connectivity index (χ1v) is 6.89. The minimum Gasteiger partial charge on any atom is -0.258 e. The van der Waals surface area contributed by atoms with Gasteiger partial charge in [-0.15, -0.1) is 0 Å². The molecule has 0 spiro atoms. The van der Waals surface area contributed by atoms with E-state index in [-0.39, 0.29) is 11.3 Å². The van der Waals surface area contributed by atoms with Gasteiger partial charge in [-0.3, -0.25) is 10.1 Å². The molecule has 0 bridgehead atoms. The molecule has 0 saturated carbocycles. The summed E-state index contributed by atoms with van der Waals surface area (Å²) in [5, 5.41) is 23.6. The van der Waals surface area contributed by atoms with E-state index in [1.807, 2.05) is 0 Å². The molecule has 0 unspecified atom stereocenters. The van der Waals surface area contributed by atoms with Gasteiger partial charge in [0.25, 0.3) is 5.69 Å². The zero-order valence-corrected chi connectivity index (χ0v) is 12.3. The maximum atomic E-state index is 13.6. The van der Waals surface area contributed by atoms with Crippen LogP contribution in [0.3, 0.4) is 0 Å². The van der Waals surface area contributed by atoms with Crippen molar-refractivity contribution in [3.8, 4) is 17.5 Å². The van der Waals surface area contributed by atoms with Crippen molar-refractivity contribution in [3.05, 3.63) is 75.9 Å². The van der Waals surface area contributed by atoms with Crippen LogP contribution in [0.25, 0.3) is 11.4 Å². The van der Waals surface area contributed by atoms with E-state index < -0.39 is 10.7 Å². The van der Waals surface area contributed by atoms with Crippen molar-refractivity contribution in [2.75, 3.05) is 0 Å². The molecular formula is C16H10FN5O2. The fraction of sp³-hybridized carbons (Fsp3) is 0.0625. The van der Waals surface area contributed by atoms with E-state index >= 15 is 0 Å². The molecule has 0 fully saturated rings. The SMILES string of the molecule is N#Cc1ccc(Cn2cnc(-c3ccc([N+](=O)[O-])cc3)n2)cc1F. The van der Waals surface area contributed by atoms with Crippen LogP contribution >= 0.6 is 0 Å². The average molecular weight is 323 g/mol. The lowest BCUT2D eigenvalue weighted by Gasteiger charge is -2.02. The molecule has 2 aromatic carbocycles. The standard InChI is InChI=1S/C16H10FN5O2/c17-15-7-11(1-2-13(15)8-18)9-21-10-19-16(20-21)12-3-5-14(6-4-12)22(23)24/h1-7,10H,9H2. The maximum Gasteiger partial charge on any atom is 0.269 e. The van der Waals surface area contributed by atoms with Gasteiger partial charge < -0.3 is 0 Å². The van der Waals surface area contributed by atoms with Crippen LogP contribution < -0.4 is 0 Å². The largest absolute Gasteiger partial charge is 0.269 e. The molecule has 118 valence electrons. The molecule has 1 aromatic heterocycles. The molecule has 0 N–H and O–H groups in total. The first-order valence-electron chi connectivity index (χ1n) is 6.89. The van der Waals surface area contributed by atoms with Gasteiger partial charge in [0.05, 0.1) is 17.0 Å². The normalized spacial score (nSPS) is 10.3. The number of nitro groups is 1. The van der Waals surface area contributed by atoms with Gasteiger partial charge in [0, 0.05) is 17.7 Å². The Labute approximate surface area is 135 Å². The summed E-state index contributed by atoms with van der Waals surface area (Å²) >= 11 is 0. The fourth-order valence-corrected chi connectivity index (χ4v) is 2.17. The molecule has 0 aliphatic carbocycles. The number of nitro benzene ring substituents is 1. The van der Waals surface area contributed by atoms with Crippen molar-refractivity contribution in [1.82, 2.24) is 14.8 Å². The Kier molecular flexibility index (Phi) is 3.99. The Balaban J connectivity index is 1.79. The van der Waals surface area contributed by atoms with Crippen LogP contribution in [0.15, 0.2) is 48.8 Å². The lowest BCUT2D eigenvalue weighted by molar-refractivity contribution is -0.384. The number of halogens is 1. The zero-order valence-electron chi connectivity index (χ0n) is 12.3. The Morgan fingerprint density at radius 3 is 2.62 bits per heavy atom. The van der Waals surface area contributed by atoms with Crippen LogP contribution in [-0.4, -0.2) is 19.7 Å². The number of nitriles is 1. The molecule has 3 rings (SSSR count). The molecule has 3 aromatic rings. The van der Waals surface area contributed by atoms with E-state index in [1.54, 1.807) is 24.3 Å². The summed E-state index contributed by atoms with van der Waals surface area (Å²) in [6.07, 6.45) is 1.49. The van der Waals surface area contributed by atoms with Crippen molar-refractivity contribution >= 4 is 5.69 Å². The summed E-state index contributed by atoms with van der Waals surface area (Å²) in [5.41, 5.74) is 1.27. The van der Waals surface area contributed by atoms with Gasteiger partial charge in [-0.25, -0.2) is 14.1 Å². The van der Waals surface area contributed by atoms with Gasteiger partial charge in [0.15, 0.2) is 5.82 Å². The highest BCUT2D eigenvalue weighted by molar-refractivity contribution is 5.56. The van der Waals surface area contributed by atoms with Crippen LogP contribution in [0, 0.1) is 27.3 Å². The number of rotatable bonds is 4. The second-order valence-corrected chi connectivity index (χ2v) is 5.00. The van der Waals surface area contributed by atoms with E-state index in [9.17, 15) is 14.5 Å². The second kappa shape index (κ2) is 6.26. The molecule has 0 aliphatic heterocycles. The maximum absolute atomic E-state index is 13.6. The first kappa shape index (κ1) is 15.3. The van der Waals surface area contributed by atoms with Gasteiger partial charge in [-0.2, -0.15) is 10.4 Å². The number of hydrogen-bond donors (Lipinski definition) is 0. The third-order valence-electron chi connectivity index (χ3n) is 3.37. The van der Waals surface area contributed by atoms with Crippen LogP contribution in [0.1, 0.15) is 11.1 Å². The molecule has 0 amide bonds. The highest BCUT2D eigenvalue weighted by Crippen LogP contribution is 2.19. The number of nitrogens with zero attached hydrogens (tertiary/aromatic N) is 5. The summed E-state index contributed by atoms with van der Waals surface area (Å²) in [4.78, 5) is 14.3. The van der Waals surface area contributed by atoms with E-state index in [4.69, 9.17) is 5.26 Å². The lowest BCUT2D eigenvalue weighted by Crippen LogP contribution is -2.01. The van der Waals surface area contributed by atoms with Crippen LogP contribution in [0.5, 0.6) is 0 Å². The van der Waals surface area contributed by atoms with Crippen LogP contribution in [0.2, 0.25) is 0 Å². The van der Waals surface area contributed by atoms with Gasteiger partial charge in [0.2, 0.25) is 0 Å². The smallest absolute Gasteiger partial charge is 0.258 e. The number of non-ortho nitro benzene ring substituents is 1. The quantitative estimate of drug-likeness (QED) is 0.543. The predicted octanol–water partition coefficient (Wildman–Crippen LogP) is 2.91. The third-order valence-corrected chi connectivity index (χ3v) is 3.37. The lowest BCUT2D eigenvalue weighted by atomic mass is 10.1. The minimum atomic E-state index is -0.578. The summed E-state index contributed by atoms with van der Waals surface area (Å²) < 4.78 is 15.1. The van der Waals surface area contributed by atoms with E-state index in [0.717, 1.165) is 0 Å². The van der Waals surface area contributed by atoms with Crippen molar-refractivity contribution in [3.63, 3.8) is 0 Å². The molecule has 0 aliphatic rings. The van der Waals surface area contributed by atoms with Gasteiger partial charge in [-0.05, 0) is 29.8 Å². The summed E-state index contributed by atoms with van der Waals surface area (Å²) in [6, 6.07) is 12.0. The number of hydrogen-bond acceptors (Lipinski definition) is 5. The second-order valence-electron chi connectivity index (χ2n) is 5.00. The molecule has 0 atom stereocenters. The van der Waals surface area contributed by atoms with Crippen LogP contribution in [0.4, 0.5) is 10.1 Å². The molecular weight excluding hydrogens is 313 g/mol. The summed E-state index contributed by atoms with van der Waals surface area (Å²) in [5.74, 6) is -0.162. The summed E-state index contributed by atoms with van der Waals surface area (Å²) in [6.45, 7) is 0.294. The van der Waals surface area contributed by atoms with E-state index in [1.165, 1.54) is 35.3 Å². The molecule has 1 heterocycles. The van der Waals surface area contributed by atoms with Gasteiger partial charge >= 0.3 is 0 Å². The zero-order chi connectivity index (χ0) is 17.1. The first-order chi connectivity index (χ1) is 11.6. The molecule has 0 radical (unpaired) electrons. The Morgan fingerprint density at radius 1 is 1.25 bits per heavy atom. The highest BCUT2D eigenvalue weighted by atomic mass is 19.1. The average Bonchev–Trinajstić information content (AvgIpc) is 3.03. The van der Waals surface area contributed by atoms with Crippen molar-refractivity contribution in [2.24, 2.45) is 0 Å². The highest BCUT2D eigenvalue weighted by Gasteiger charge is 2.09. The Bertz CT molecular complexity index is 944. The van der Waals surface area contributed by atoms with Crippen molar-refractivity contribution < 1.29 is 9.31 Å². The molecule has 24 heavy (non-hydrogen) atoms. The van der Waals surface area contributed by atoms with Crippen molar-refractivity contribution in [2.45, 2.75) is 6.54 Å². The predicted molar refractivity (Wildman–Crippen MR) is 82.3 cm³/mol. The fourth-order valence-electron chi connectivity index (χ4n) is 2.17. The molecule has 0 saturated heterocycles. The Morgan fingerprint density at radius 2 is 2.00 bits per heavy atom. The molecule has 8 heteroatoms. The van der Waals surface area contributed by atoms with Crippen molar-refractivity contribution in [1.29, 1.82) is 5.26 Å². The topological polar surface area (TPSA) is 97.6 Å². The van der Waals surface area contributed by atoms with E-state index in [0.29, 0.717) is 23.5 Å². The third kappa shape index (κ3) is 3.10. The summed E-state index contributed by atoms with van der Waals surface area (Å²) in [7, 11) is 0. The van der Waals surface area contributed by atoms with Gasteiger partial charge in [-0.1, -0.05) is 6.07 Å². The molecule has 7 nitrogen and oxygen atoms in total. The number of benzene rings is 2.